The van der Waals surface area contributed by atoms with Crippen molar-refractivity contribution in [2.24, 2.45) is 0 Å². The number of pyridine rings is 1. The number of nitrogens with one attached hydrogen (secondary N) is 3. The summed E-state index contributed by atoms with van der Waals surface area (Å²) < 4.78 is 7.48. The third kappa shape index (κ3) is 2.78. The number of rotatable bonds is 1. The predicted octanol–water partition coefficient (Wildman–Crippen LogP) is 2.84. The van der Waals surface area contributed by atoms with Crippen LogP contribution >= 0.6 is 0 Å². The lowest BCUT2D eigenvalue weighted by Gasteiger charge is -2.36. The second kappa shape index (κ2) is 6.24. The van der Waals surface area contributed by atoms with Crippen molar-refractivity contribution in [3.8, 4) is 0 Å². The topological polar surface area (TPSA) is 93.1 Å². The third-order valence-electron chi connectivity index (χ3n) is 5.18. The maximum atomic E-state index is 12.8. The fourth-order valence-electron chi connectivity index (χ4n) is 3.55. The molecule has 8 nitrogen and oxygen atoms in total. The Morgan fingerprint density at radius 2 is 2.22 bits per heavy atom. The highest BCUT2D eigenvalue weighted by Crippen LogP contribution is 2.29. The third-order valence-corrected chi connectivity index (χ3v) is 5.18. The van der Waals surface area contributed by atoms with Gasteiger partial charge in [0.1, 0.15) is 17.7 Å². The van der Waals surface area contributed by atoms with Gasteiger partial charge in [-0.05, 0) is 30.5 Å². The molecule has 1 aliphatic heterocycles. The van der Waals surface area contributed by atoms with Crippen LogP contribution in [0.3, 0.4) is 0 Å². The molecule has 3 aromatic rings. The standard InChI is InChI=1S/C19H20N6O2/c1-20-14-8-16-22-12-4-2-3-11(7-12)9-27-15-6-5-13(15)23-19(26)25-10-21-17(14)18(25)24-16/h2-4,7-8,10,13,15H,5-6,9H2,1H3,(H,23,26)(H2,20,22,24)/t13-,15-/m1/s1. The number of anilines is 3. The minimum absolute atomic E-state index is 0.00570. The molecular weight excluding hydrogens is 344 g/mol. The predicted molar refractivity (Wildman–Crippen MR) is 102 cm³/mol. The van der Waals surface area contributed by atoms with Crippen LogP contribution in [0, 0.1) is 0 Å². The molecule has 2 atom stereocenters. The second-order valence-corrected chi connectivity index (χ2v) is 6.90. The molecule has 1 aliphatic carbocycles. The van der Waals surface area contributed by atoms with Gasteiger partial charge >= 0.3 is 6.03 Å². The number of fused-ring (bicyclic) bond motifs is 4. The molecule has 5 rings (SSSR count). The van der Waals surface area contributed by atoms with Gasteiger partial charge in [-0.1, -0.05) is 12.1 Å². The smallest absolute Gasteiger partial charge is 0.328 e. The number of imidazole rings is 1. The van der Waals surface area contributed by atoms with E-state index in [9.17, 15) is 4.79 Å². The molecular formula is C19H20N6O2. The van der Waals surface area contributed by atoms with E-state index in [0.717, 1.165) is 29.8 Å². The average Bonchev–Trinajstić information content (AvgIpc) is 3.08. The van der Waals surface area contributed by atoms with Crippen LogP contribution in [-0.4, -0.2) is 39.8 Å². The molecule has 0 radical (unpaired) electrons. The molecule has 1 aromatic carbocycles. The molecule has 3 heterocycles. The van der Waals surface area contributed by atoms with Gasteiger partial charge in [-0.2, -0.15) is 0 Å². The minimum Gasteiger partial charge on any atom is -0.386 e. The Hall–Kier alpha value is -3.13. The summed E-state index contributed by atoms with van der Waals surface area (Å²) >= 11 is 0. The van der Waals surface area contributed by atoms with Crippen molar-refractivity contribution in [3.63, 3.8) is 0 Å². The Kier molecular flexibility index (Phi) is 3.71. The molecule has 1 fully saturated rings. The fourth-order valence-corrected chi connectivity index (χ4v) is 3.55. The van der Waals surface area contributed by atoms with E-state index in [1.54, 1.807) is 0 Å². The molecule has 2 aliphatic rings. The van der Waals surface area contributed by atoms with Crippen LogP contribution < -0.4 is 16.0 Å². The fraction of sp³-hybridized carbons (Fsp3) is 0.316. The van der Waals surface area contributed by atoms with Crippen molar-refractivity contribution < 1.29 is 9.53 Å². The first-order valence-corrected chi connectivity index (χ1v) is 9.05. The van der Waals surface area contributed by atoms with Crippen molar-refractivity contribution in [1.29, 1.82) is 0 Å². The van der Waals surface area contributed by atoms with Gasteiger partial charge < -0.3 is 20.7 Å². The number of nitrogens with zero attached hydrogens (tertiary/aromatic N) is 3. The van der Waals surface area contributed by atoms with Crippen LogP contribution in [-0.2, 0) is 11.3 Å². The Morgan fingerprint density at radius 3 is 3.04 bits per heavy atom. The van der Waals surface area contributed by atoms with Crippen LogP contribution in [0.15, 0.2) is 36.7 Å². The minimum atomic E-state index is -0.238. The van der Waals surface area contributed by atoms with Gasteiger partial charge in [0, 0.05) is 18.8 Å². The Bertz CT molecular complexity index is 1030. The number of carbonyl (C=O) groups is 1. The van der Waals surface area contributed by atoms with Crippen LogP contribution in [0.5, 0.6) is 0 Å². The number of aromatic nitrogens is 3. The number of carbonyl (C=O) groups excluding carboxylic acids is 1. The van der Waals surface area contributed by atoms with E-state index >= 15 is 0 Å². The number of hydrogen-bond donors (Lipinski definition) is 3. The molecule has 1 amide bonds. The summed E-state index contributed by atoms with van der Waals surface area (Å²) in [6, 6.07) is 9.72. The first kappa shape index (κ1) is 16.1. The van der Waals surface area contributed by atoms with E-state index in [1.165, 1.54) is 10.9 Å². The number of hydrogen-bond acceptors (Lipinski definition) is 6. The highest BCUT2D eigenvalue weighted by Gasteiger charge is 2.33. The first-order chi connectivity index (χ1) is 13.2. The zero-order chi connectivity index (χ0) is 18.4. The lowest BCUT2D eigenvalue weighted by atomic mass is 9.89. The summed E-state index contributed by atoms with van der Waals surface area (Å²) in [5.74, 6) is 0.637. The van der Waals surface area contributed by atoms with Crippen molar-refractivity contribution in [2.45, 2.75) is 31.6 Å². The summed E-state index contributed by atoms with van der Waals surface area (Å²) in [6.45, 7) is 0.511. The number of benzene rings is 1. The molecule has 4 bridgehead atoms. The SMILES string of the molecule is CNc1cc2nc3c1ncn3C(=O)N[C@@H]1CC[C@H]1OCc1cccc(c1)N2. The quantitative estimate of drug-likeness (QED) is 0.615. The van der Waals surface area contributed by atoms with Crippen molar-refractivity contribution >= 4 is 34.4 Å². The van der Waals surface area contributed by atoms with E-state index in [1.807, 2.05) is 31.3 Å². The first-order valence-electron chi connectivity index (χ1n) is 9.05. The molecule has 27 heavy (non-hydrogen) atoms. The van der Waals surface area contributed by atoms with E-state index in [-0.39, 0.29) is 18.2 Å². The Morgan fingerprint density at radius 1 is 1.30 bits per heavy atom. The van der Waals surface area contributed by atoms with Crippen LogP contribution in [0.4, 0.5) is 22.0 Å². The zero-order valence-electron chi connectivity index (χ0n) is 14.9. The number of amides is 1. The molecule has 8 heteroatoms. The summed E-state index contributed by atoms with van der Waals surface area (Å²) in [6.07, 6.45) is 3.39. The largest absolute Gasteiger partial charge is 0.386 e. The highest BCUT2D eigenvalue weighted by atomic mass is 16.5. The zero-order valence-corrected chi connectivity index (χ0v) is 14.9. The molecule has 0 unspecified atom stereocenters. The van der Waals surface area contributed by atoms with Gasteiger partial charge in [-0.15, -0.1) is 0 Å². The van der Waals surface area contributed by atoms with E-state index in [4.69, 9.17) is 4.74 Å². The lowest BCUT2D eigenvalue weighted by Crippen LogP contribution is -2.52. The molecule has 0 saturated heterocycles. The lowest BCUT2D eigenvalue weighted by molar-refractivity contribution is -0.0323. The van der Waals surface area contributed by atoms with Crippen molar-refractivity contribution in [1.82, 2.24) is 19.9 Å². The summed E-state index contributed by atoms with van der Waals surface area (Å²) in [4.78, 5) is 21.8. The van der Waals surface area contributed by atoms with E-state index in [0.29, 0.717) is 23.6 Å². The second-order valence-electron chi connectivity index (χ2n) is 6.90. The van der Waals surface area contributed by atoms with Gasteiger partial charge in [0.25, 0.3) is 0 Å². The summed E-state index contributed by atoms with van der Waals surface area (Å²) in [5, 5.41) is 9.50. The van der Waals surface area contributed by atoms with Gasteiger partial charge in [0.2, 0.25) is 0 Å². The van der Waals surface area contributed by atoms with Gasteiger partial charge in [0.15, 0.2) is 5.65 Å². The molecule has 1 saturated carbocycles. The monoisotopic (exact) mass is 364 g/mol. The highest BCUT2D eigenvalue weighted by molar-refractivity contribution is 5.94. The Labute approximate surface area is 155 Å². The summed E-state index contributed by atoms with van der Waals surface area (Å²) in [5.41, 5.74) is 3.96. The maximum Gasteiger partial charge on any atom is 0.328 e. The Balaban J connectivity index is 1.64. The summed E-state index contributed by atoms with van der Waals surface area (Å²) in [7, 11) is 1.83. The van der Waals surface area contributed by atoms with Crippen LogP contribution in [0.25, 0.3) is 11.2 Å². The molecule has 138 valence electrons. The van der Waals surface area contributed by atoms with Crippen molar-refractivity contribution in [3.05, 3.63) is 42.2 Å². The van der Waals surface area contributed by atoms with Gasteiger partial charge in [-0.3, -0.25) is 0 Å². The van der Waals surface area contributed by atoms with Crippen molar-refractivity contribution in [2.75, 3.05) is 17.7 Å². The van der Waals surface area contributed by atoms with E-state index in [2.05, 4.69) is 32.0 Å². The van der Waals surface area contributed by atoms with Crippen LogP contribution in [0.1, 0.15) is 18.4 Å². The number of ether oxygens (including phenoxy) is 1. The molecule has 2 aromatic heterocycles. The maximum absolute atomic E-state index is 12.8. The molecule has 0 spiro atoms. The van der Waals surface area contributed by atoms with E-state index < -0.39 is 0 Å². The molecule has 3 N–H and O–H groups in total. The van der Waals surface area contributed by atoms with Crippen LogP contribution in [0.2, 0.25) is 0 Å². The van der Waals surface area contributed by atoms with Gasteiger partial charge in [-0.25, -0.2) is 19.3 Å². The normalized spacial score (nSPS) is 21.6. The van der Waals surface area contributed by atoms with Gasteiger partial charge in [0.05, 0.1) is 24.4 Å². The average molecular weight is 364 g/mol.